The van der Waals surface area contributed by atoms with Crippen LogP contribution in [0, 0.1) is 0 Å². The van der Waals surface area contributed by atoms with Crippen LogP contribution in [-0.2, 0) is 11.2 Å². The Morgan fingerprint density at radius 3 is 2.62 bits per heavy atom. The maximum Gasteiger partial charge on any atom is 0.213 e. The van der Waals surface area contributed by atoms with Gasteiger partial charge in [-0.1, -0.05) is 49.9 Å². The molecule has 26 heavy (non-hydrogen) atoms. The molecule has 1 aliphatic rings. The zero-order chi connectivity index (χ0) is 17.8. The van der Waals surface area contributed by atoms with E-state index in [2.05, 4.69) is 16.5 Å². The van der Waals surface area contributed by atoms with Gasteiger partial charge in [0.25, 0.3) is 0 Å². The summed E-state index contributed by atoms with van der Waals surface area (Å²) in [5.74, 6) is 0.435. The van der Waals surface area contributed by atoms with Crippen LogP contribution < -0.4 is 0 Å². The third-order valence-electron chi connectivity index (χ3n) is 4.30. The highest BCUT2D eigenvalue weighted by molar-refractivity contribution is 6.11. The van der Waals surface area contributed by atoms with E-state index in [1.165, 1.54) is 0 Å². The predicted octanol–water partition coefficient (Wildman–Crippen LogP) is 4.94. The molecule has 0 saturated heterocycles. The van der Waals surface area contributed by atoms with Gasteiger partial charge in [-0.25, -0.2) is 4.98 Å². The Morgan fingerprint density at radius 2 is 1.96 bits per heavy atom. The molecule has 0 bridgehead atoms. The van der Waals surface area contributed by atoms with Crippen LogP contribution in [0.4, 0.5) is 0 Å². The largest absolute Gasteiger partial charge is 0.497 e. The van der Waals surface area contributed by atoms with Crippen LogP contribution in [0.25, 0.3) is 11.3 Å². The lowest BCUT2D eigenvalue weighted by Gasteiger charge is -2.08. The molecule has 0 atom stereocenters. The van der Waals surface area contributed by atoms with Crippen LogP contribution >= 0.6 is 0 Å². The summed E-state index contributed by atoms with van der Waals surface area (Å²) in [6, 6.07) is 9.75. The molecule has 3 rings (SSSR count). The van der Waals surface area contributed by atoms with Gasteiger partial charge in [-0.15, -0.1) is 0 Å². The first-order valence-corrected chi connectivity index (χ1v) is 8.18. The summed E-state index contributed by atoms with van der Waals surface area (Å²) in [4.78, 5) is 22.2. The Hall–Kier alpha value is -3.01. The lowest BCUT2D eigenvalue weighted by Crippen LogP contribution is -2.10. The molecule has 0 fully saturated rings. The van der Waals surface area contributed by atoms with Gasteiger partial charge < -0.3 is 4.74 Å². The molecule has 1 heterocycles. The van der Waals surface area contributed by atoms with Crippen molar-refractivity contribution >= 4 is 5.78 Å². The second kappa shape index (κ2) is 8.39. The number of hydrogen-bond acceptors (Lipinski definition) is 4. The highest BCUT2D eigenvalue weighted by atomic mass is 16.5. The first kappa shape index (κ1) is 19.3. The lowest BCUT2D eigenvalue weighted by atomic mass is 10.0. The molecule has 1 aromatic carbocycles. The molecule has 0 saturated carbocycles. The normalized spacial score (nSPS) is 14.2. The third-order valence-corrected chi connectivity index (χ3v) is 4.30. The number of carbonyl (C=O) groups excluding carboxylic acids is 1. The van der Waals surface area contributed by atoms with Crippen molar-refractivity contribution < 1.29 is 9.53 Å². The summed E-state index contributed by atoms with van der Waals surface area (Å²) < 4.78 is 5.24. The first-order chi connectivity index (χ1) is 12.1. The zero-order valence-corrected chi connectivity index (χ0v) is 14.5. The second-order valence-corrected chi connectivity index (χ2v) is 5.89. The summed E-state index contributed by atoms with van der Waals surface area (Å²) in [6.07, 6.45) is 6.52. The van der Waals surface area contributed by atoms with Gasteiger partial charge >= 0.3 is 0 Å². The molecular weight excluding hydrogens is 324 g/mol. The van der Waals surface area contributed by atoms with E-state index in [1.807, 2.05) is 37.3 Å². The molecule has 0 unspecified atom stereocenters. The molecule has 0 aliphatic heterocycles. The number of methoxy groups -OCH3 is 1. The third kappa shape index (κ3) is 3.80. The minimum absolute atomic E-state index is 0. The number of rotatable bonds is 4. The number of fused-ring (bicyclic) bond motifs is 1. The van der Waals surface area contributed by atoms with Gasteiger partial charge in [-0.3, -0.25) is 9.78 Å². The molecule has 134 valence electrons. The van der Waals surface area contributed by atoms with Crippen molar-refractivity contribution in [2.45, 2.75) is 27.2 Å². The SMILES string of the molecule is C.C=C/C(=C\C1=C(C)CCc2ncc(-c3ccccc3)nc2C1=O)OC. The van der Waals surface area contributed by atoms with Gasteiger partial charge in [0.1, 0.15) is 11.5 Å². The van der Waals surface area contributed by atoms with E-state index in [-0.39, 0.29) is 13.2 Å². The first-order valence-electron chi connectivity index (χ1n) is 8.18. The number of benzene rings is 1. The molecule has 1 aromatic heterocycles. The number of aromatic nitrogens is 2. The van der Waals surface area contributed by atoms with Crippen molar-refractivity contribution in [2.24, 2.45) is 0 Å². The van der Waals surface area contributed by atoms with Gasteiger partial charge in [-0.05, 0) is 31.9 Å². The molecule has 1 aliphatic carbocycles. The number of hydrogen-bond donors (Lipinski definition) is 0. The molecule has 0 amide bonds. The van der Waals surface area contributed by atoms with Crippen molar-refractivity contribution in [1.82, 2.24) is 9.97 Å². The van der Waals surface area contributed by atoms with Gasteiger partial charge in [-0.2, -0.15) is 0 Å². The van der Waals surface area contributed by atoms with E-state index >= 15 is 0 Å². The van der Waals surface area contributed by atoms with Crippen LogP contribution in [0.2, 0.25) is 0 Å². The molecule has 0 spiro atoms. The van der Waals surface area contributed by atoms with E-state index in [1.54, 1.807) is 25.5 Å². The summed E-state index contributed by atoms with van der Waals surface area (Å²) in [7, 11) is 1.56. The van der Waals surface area contributed by atoms with Gasteiger partial charge in [0.15, 0.2) is 0 Å². The maximum atomic E-state index is 13.1. The highest BCUT2D eigenvalue weighted by Crippen LogP contribution is 2.26. The fraction of sp³-hybridized carbons (Fsp3) is 0.227. The standard InChI is InChI=1S/C21H20N2O2.CH4/c1-4-16(25-3)12-17-14(2)10-11-18-20(21(17)24)23-19(13-22-18)15-8-6-5-7-9-15;/h4-9,12-13H,1,10-11H2,2-3H3;1H4/b16-12+;. The topological polar surface area (TPSA) is 52.1 Å². The van der Waals surface area contributed by atoms with Crippen molar-refractivity contribution in [3.05, 3.63) is 83.6 Å². The fourth-order valence-corrected chi connectivity index (χ4v) is 2.82. The fourth-order valence-electron chi connectivity index (χ4n) is 2.82. The van der Waals surface area contributed by atoms with Crippen molar-refractivity contribution in [3.63, 3.8) is 0 Å². The summed E-state index contributed by atoms with van der Waals surface area (Å²) >= 11 is 0. The van der Waals surface area contributed by atoms with E-state index in [9.17, 15) is 4.79 Å². The molecule has 2 aromatic rings. The predicted molar refractivity (Wildman–Crippen MR) is 105 cm³/mol. The summed E-state index contributed by atoms with van der Waals surface area (Å²) in [5, 5.41) is 0. The van der Waals surface area contributed by atoms with Crippen LogP contribution in [0.5, 0.6) is 0 Å². The Bertz CT molecular complexity index is 880. The average molecular weight is 348 g/mol. The van der Waals surface area contributed by atoms with Crippen LogP contribution in [-0.4, -0.2) is 22.9 Å². The Labute approximate surface area is 155 Å². The van der Waals surface area contributed by atoms with Crippen molar-refractivity contribution in [1.29, 1.82) is 0 Å². The molecule has 4 nitrogen and oxygen atoms in total. The number of aryl methyl sites for hydroxylation is 1. The van der Waals surface area contributed by atoms with E-state index < -0.39 is 0 Å². The second-order valence-electron chi connectivity index (χ2n) is 5.89. The van der Waals surface area contributed by atoms with Gasteiger partial charge in [0.05, 0.1) is 24.7 Å². The zero-order valence-electron chi connectivity index (χ0n) is 14.5. The number of carbonyl (C=O) groups is 1. The minimum Gasteiger partial charge on any atom is -0.497 e. The van der Waals surface area contributed by atoms with Crippen LogP contribution in [0.1, 0.15) is 37.0 Å². The van der Waals surface area contributed by atoms with Crippen LogP contribution in [0.3, 0.4) is 0 Å². The Morgan fingerprint density at radius 1 is 1.23 bits per heavy atom. The van der Waals surface area contributed by atoms with Gasteiger partial charge in [0.2, 0.25) is 5.78 Å². The summed E-state index contributed by atoms with van der Waals surface area (Å²) in [6.45, 7) is 5.68. The monoisotopic (exact) mass is 348 g/mol. The summed E-state index contributed by atoms with van der Waals surface area (Å²) in [5.41, 5.74) is 4.41. The number of nitrogens with zero attached hydrogens (tertiary/aromatic N) is 2. The lowest BCUT2D eigenvalue weighted by molar-refractivity contribution is 0.103. The Balaban J connectivity index is 0.00000243. The average Bonchev–Trinajstić information content (AvgIpc) is 2.77. The number of ketones is 1. The molecule has 0 radical (unpaired) electrons. The van der Waals surface area contributed by atoms with Crippen molar-refractivity contribution in [3.8, 4) is 11.3 Å². The Kier molecular flexibility index (Phi) is 6.23. The molecule has 0 N–H and O–H groups in total. The molecule has 4 heteroatoms. The smallest absolute Gasteiger partial charge is 0.213 e. The molecular formula is C22H24N2O2. The van der Waals surface area contributed by atoms with Gasteiger partial charge in [0, 0.05) is 11.1 Å². The minimum atomic E-state index is -0.119. The quantitative estimate of drug-likeness (QED) is 0.580. The van der Waals surface area contributed by atoms with E-state index in [4.69, 9.17) is 4.74 Å². The maximum absolute atomic E-state index is 13.1. The van der Waals surface area contributed by atoms with E-state index in [0.717, 1.165) is 23.3 Å². The number of allylic oxidation sites excluding steroid dienone is 4. The number of Topliss-reactive ketones (excluding diaryl/α,β-unsaturated/α-hetero) is 1. The number of ether oxygens (including phenoxy) is 1. The van der Waals surface area contributed by atoms with E-state index in [0.29, 0.717) is 29.1 Å². The highest BCUT2D eigenvalue weighted by Gasteiger charge is 2.24. The van der Waals surface area contributed by atoms with Crippen LogP contribution in [0.15, 0.2) is 72.2 Å². The van der Waals surface area contributed by atoms with Crippen molar-refractivity contribution in [2.75, 3.05) is 7.11 Å².